The van der Waals surface area contributed by atoms with Crippen LogP contribution in [0.4, 0.5) is 5.82 Å². The predicted octanol–water partition coefficient (Wildman–Crippen LogP) is 2.76. The average molecular weight is 444 g/mol. The second-order valence-corrected chi connectivity index (χ2v) is 7.22. The van der Waals surface area contributed by atoms with Crippen molar-refractivity contribution in [2.24, 2.45) is 0 Å². The molecule has 0 atom stereocenters. The summed E-state index contributed by atoms with van der Waals surface area (Å²) in [5.74, 6) is 1.67. The molecule has 4 aromatic rings. The topological polar surface area (TPSA) is 120 Å². The molecule has 0 aliphatic rings. The number of hydrogen-bond acceptors (Lipinski definition) is 7. The lowest BCUT2D eigenvalue weighted by Crippen LogP contribution is -2.26. The Labute approximate surface area is 191 Å². The zero-order chi connectivity index (χ0) is 23.0. The van der Waals surface area contributed by atoms with E-state index in [1.165, 1.54) is 12.4 Å². The Hall–Kier alpha value is -4.24. The fourth-order valence-corrected chi connectivity index (χ4v) is 3.32. The van der Waals surface area contributed by atoms with Gasteiger partial charge in [0.25, 0.3) is 0 Å². The third kappa shape index (κ3) is 5.34. The molecule has 4 N–H and O–H groups in total. The maximum atomic E-state index is 11.9. The zero-order valence-electron chi connectivity index (χ0n) is 18.2. The van der Waals surface area contributed by atoms with Crippen LogP contribution >= 0.6 is 0 Å². The SMILES string of the molecule is CNCC=CC(=O)NCCn1nc(-c2ccc(Oc3ccccc3)cc2)c2c(N)ncnc21. The van der Waals surface area contributed by atoms with E-state index >= 15 is 0 Å². The molecule has 2 heterocycles. The largest absolute Gasteiger partial charge is 0.457 e. The first-order chi connectivity index (χ1) is 16.2. The maximum Gasteiger partial charge on any atom is 0.243 e. The first-order valence-electron chi connectivity index (χ1n) is 10.5. The number of ether oxygens (including phenoxy) is 1. The first kappa shape index (κ1) is 22.0. The van der Waals surface area contributed by atoms with Crippen molar-refractivity contribution in [1.82, 2.24) is 30.4 Å². The maximum absolute atomic E-state index is 11.9. The fraction of sp³-hybridized carbons (Fsp3) is 0.167. The highest BCUT2D eigenvalue weighted by atomic mass is 16.5. The van der Waals surface area contributed by atoms with Crippen LogP contribution in [-0.4, -0.2) is 45.8 Å². The van der Waals surface area contributed by atoms with Gasteiger partial charge in [-0.2, -0.15) is 5.10 Å². The van der Waals surface area contributed by atoms with Crippen molar-refractivity contribution >= 4 is 22.8 Å². The summed E-state index contributed by atoms with van der Waals surface area (Å²) >= 11 is 0. The van der Waals surface area contributed by atoms with Crippen LogP contribution in [0.2, 0.25) is 0 Å². The molecule has 0 aliphatic carbocycles. The van der Waals surface area contributed by atoms with Crippen molar-refractivity contribution in [3.63, 3.8) is 0 Å². The van der Waals surface area contributed by atoms with Crippen molar-refractivity contribution in [2.75, 3.05) is 25.9 Å². The number of nitrogens with two attached hydrogens (primary N) is 1. The number of carbonyl (C=O) groups excluding carboxylic acids is 1. The number of rotatable bonds is 9. The van der Waals surface area contributed by atoms with Crippen molar-refractivity contribution in [3.05, 3.63) is 73.1 Å². The quantitative estimate of drug-likeness (QED) is 0.340. The molecule has 4 rings (SSSR count). The number of benzene rings is 2. The molecule has 0 radical (unpaired) electrons. The van der Waals surface area contributed by atoms with Crippen LogP contribution in [0.5, 0.6) is 11.5 Å². The Balaban J connectivity index is 1.54. The van der Waals surface area contributed by atoms with Gasteiger partial charge >= 0.3 is 0 Å². The highest BCUT2D eigenvalue weighted by molar-refractivity contribution is 5.98. The molecule has 2 aromatic carbocycles. The van der Waals surface area contributed by atoms with E-state index in [9.17, 15) is 4.79 Å². The highest BCUT2D eigenvalue weighted by Crippen LogP contribution is 2.31. The molecular weight excluding hydrogens is 418 g/mol. The number of aromatic nitrogens is 4. The molecule has 2 aromatic heterocycles. The number of amides is 1. The number of para-hydroxylation sites is 1. The van der Waals surface area contributed by atoms with E-state index in [4.69, 9.17) is 15.6 Å². The zero-order valence-corrected chi connectivity index (χ0v) is 18.2. The van der Waals surface area contributed by atoms with Crippen molar-refractivity contribution < 1.29 is 9.53 Å². The summed E-state index contributed by atoms with van der Waals surface area (Å²) < 4.78 is 7.60. The van der Waals surface area contributed by atoms with Crippen molar-refractivity contribution in [1.29, 1.82) is 0 Å². The van der Waals surface area contributed by atoms with E-state index in [0.29, 0.717) is 47.9 Å². The molecule has 0 saturated heterocycles. The van der Waals surface area contributed by atoms with Gasteiger partial charge in [-0.05, 0) is 43.4 Å². The third-order valence-corrected chi connectivity index (χ3v) is 4.88. The van der Waals surface area contributed by atoms with Crippen molar-refractivity contribution in [3.8, 4) is 22.8 Å². The number of nitrogen functional groups attached to an aromatic ring is 1. The summed E-state index contributed by atoms with van der Waals surface area (Å²) in [4.78, 5) is 20.4. The second-order valence-electron chi connectivity index (χ2n) is 7.22. The molecule has 0 fully saturated rings. The fourth-order valence-electron chi connectivity index (χ4n) is 3.32. The van der Waals surface area contributed by atoms with Gasteiger partial charge in [-0.1, -0.05) is 24.3 Å². The lowest BCUT2D eigenvalue weighted by atomic mass is 10.1. The van der Waals surface area contributed by atoms with Crippen LogP contribution in [0, 0.1) is 0 Å². The van der Waals surface area contributed by atoms with Gasteiger partial charge in [0.1, 0.15) is 29.3 Å². The summed E-state index contributed by atoms with van der Waals surface area (Å²) in [6.45, 7) is 1.46. The molecule has 0 aliphatic heterocycles. The summed E-state index contributed by atoms with van der Waals surface area (Å²) in [7, 11) is 1.82. The Morgan fingerprint density at radius 2 is 1.85 bits per heavy atom. The van der Waals surface area contributed by atoms with Crippen LogP contribution in [0.1, 0.15) is 0 Å². The Kier molecular flexibility index (Phi) is 6.91. The van der Waals surface area contributed by atoms with Gasteiger partial charge in [-0.25, -0.2) is 14.6 Å². The van der Waals surface area contributed by atoms with Crippen LogP contribution in [0.15, 0.2) is 73.1 Å². The van der Waals surface area contributed by atoms with E-state index in [-0.39, 0.29) is 5.91 Å². The van der Waals surface area contributed by atoms with E-state index < -0.39 is 0 Å². The van der Waals surface area contributed by atoms with Crippen molar-refractivity contribution in [2.45, 2.75) is 6.54 Å². The monoisotopic (exact) mass is 443 g/mol. The molecule has 1 amide bonds. The van der Waals surface area contributed by atoms with Crippen LogP contribution in [-0.2, 0) is 11.3 Å². The van der Waals surface area contributed by atoms with Crippen LogP contribution in [0.25, 0.3) is 22.3 Å². The van der Waals surface area contributed by atoms with E-state index in [0.717, 1.165) is 11.3 Å². The van der Waals surface area contributed by atoms with E-state index in [1.807, 2.05) is 61.6 Å². The molecule has 168 valence electrons. The second kappa shape index (κ2) is 10.4. The van der Waals surface area contributed by atoms with E-state index in [2.05, 4.69) is 20.6 Å². The molecule has 0 unspecified atom stereocenters. The molecule has 9 heteroatoms. The van der Waals surface area contributed by atoms with E-state index in [1.54, 1.807) is 10.8 Å². The number of anilines is 1. The lowest BCUT2D eigenvalue weighted by Gasteiger charge is -2.06. The molecular formula is C24H25N7O2. The number of fused-ring (bicyclic) bond motifs is 1. The van der Waals surface area contributed by atoms with Gasteiger partial charge < -0.3 is 21.1 Å². The van der Waals surface area contributed by atoms with Crippen LogP contribution < -0.4 is 21.1 Å². The molecule has 0 bridgehead atoms. The Morgan fingerprint density at radius 1 is 1.09 bits per heavy atom. The highest BCUT2D eigenvalue weighted by Gasteiger charge is 2.17. The summed E-state index contributed by atoms with van der Waals surface area (Å²) in [6, 6.07) is 17.2. The van der Waals surface area contributed by atoms with Gasteiger partial charge in [-0.3, -0.25) is 4.79 Å². The average Bonchev–Trinajstić information content (AvgIpc) is 3.20. The van der Waals surface area contributed by atoms with Crippen LogP contribution in [0.3, 0.4) is 0 Å². The van der Waals surface area contributed by atoms with Gasteiger partial charge in [0.05, 0.1) is 11.9 Å². The third-order valence-electron chi connectivity index (χ3n) is 4.88. The minimum atomic E-state index is -0.162. The first-order valence-corrected chi connectivity index (χ1v) is 10.5. The summed E-state index contributed by atoms with van der Waals surface area (Å²) in [5, 5.41) is 11.2. The molecule has 0 saturated carbocycles. The van der Waals surface area contributed by atoms with Gasteiger partial charge in [-0.15, -0.1) is 0 Å². The summed E-state index contributed by atoms with van der Waals surface area (Å²) in [6.07, 6.45) is 4.67. The number of likely N-dealkylation sites (N-methyl/N-ethyl adjacent to an activating group) is 1. The lowest BCUT2D eigenvalue weighted by molar-refractivity contribution is -0.116. The summed E-state index contributed by atoms with van der Waals surface area (Å²) in [5.41, 5.74) is 8.32. The molecule has 0 spiro atoms. The molecule has 9 nitrogen and oxygen atoms in total. The number of hydrogen-bond donors (Lipinski definition) is 3. The Bertz CT molecular complexity index is 1250. The van der Waals surface area contributed by atoms with Gasteiger partial charge in [0.2, 0.25) is 5.91 Å². The molecule has 33 heavy (non-hydrogen) atoms. The number of carbonyl (C=O) groups is 1. The standard InChI is InChI=1S/C24H25N7O2/c1-26-13-5-8-20(32)27-14-15-31-24-21(23(25)28-16-29-24)22(30-31)17-9-11-19(12-10-17)33-18-6-3-2-4-7-18/h2-12,16,26H,13-15H2,1H3,(H,27,32)(H2,25,28,29). The number of nitrogens with zero attached hydrogens (tertiary/aromatic N) is 4. The smallest absolute Gasteiger partial charge is 0.243 e. The number of nitrogens with one attached hydrogen (secondary N) is 2. The van der Waals surface area contributed by atoms with Gasteiger partial charge in [0, 0.05) is 24.7 Å². The minimum Gasteiger partial charge on any atom is -0.457 e. The normalized spacial score (nSPS) is 11.2. The minimum absolute atomic E-state index is 0.162. The van der Waals surface area contributed by atoms with Gasteiger partial charge in [0.15, 0.2) is 5.65 Å². The Morgan fingerprint density at radius 3 is 2.61 bits per heavy atom. The predicted molar refractivity (Wildman–Crippen MR) is 128 cm³/mol.